The summed E-state index contributed by atoms with van der Waals surface area (Å²) < 4.78 is 7.59. The Balaban J connectivity index is 2.36. The average molecular weight is 358 g/mol. The van der Waals surface area contributed by atoms with Crippen molar-refractivity contribution in [2.75, 3.05) is 0 Å². The van der Waals surface area contributed by atoms with Gasteiger partial charge in [0.05, 0.1) is 6.42 Å². The number of ketones is 1. The van der Waals surface area contributed by atoms with Crippen molar-refractivity contribution in [3.63, 3.8) is 0 Å². The Morgan fingerprint density at radius 2 is 2.00 bits per heavy atom. The quantitative estimate of drug-likeness (QED) is 0.803. The first-order chi connectivity index (χ1) is 8.06. The predicted molar refractivity (Wildman–Crippen MR) is 73.9 cm³/mol. The summed E-state index contributed by atoms with van der Waals surface area (Å²) in [5.41, 5.74) is 0.967. The van der Waals surface area contributed by atoms with Crippen molar-refractivity contribution >= 4 is 37.6 Å². The van der Waals surface area contributed by atoms with E-state index in [1.807, 2.05) is 30.3 Å². The van der Waals surface area contributed by atoms with Gasteiger partial charge in [-0.2, -0.15) is 0 Å². The predicted octanol–water partition coefficient (Wildman–Crippen LogP) is 4.60. The fraction of sp³-hybridized carbons (Fsp3) is 0.154. The van der Waals surface area contributed by atoms with Crippen LogP contribution in [0.15, 0.2) is 43.7 Å². The van der Waals surface area contributed by atoms with Gasteiger partial charge in [-0.1, -0.05) is 31.9 Å². The van der Waals surface area contributed by atoms with Gasteiger partial charge < -0.3 is 4.42 Å². The molecule has 0 radical (unpaired) electrons. The van der Waals surface area contributed by atoms with Gasteiger partial charge in [0.1, 0.15) is 17.3 Å². The lowest BCUT2D eigenvalue weighted by Crippen LogP contribution is -1.93. The summed E-state index contributed by atoms with van der Waals surface area (Å²) in [5.74, 6) is 1.55. The van der Waals surface area contributed by atoms with E-state index in [1.165, 1.54) is 0 Å². The summed E-state index contributed by atoms with van der Waals surface area (Å²) >= 11 is 6.90. The summed E-state index contributed by atoms with van der Waals surface area (Å²) in [5, 5.41) is 0. The number of carbonyl (C=O) groups excluding carboxylic acids is 1. The van der Waals surface area contributed by atoms with E-state index >= 15 is 0 Å². The number of halogens is 2. The number of benzene rings is 1. The highest BCUT2D eigenvalue weighted by Gasteiger charge is 2.09. The largest absolute Gasteiger partial charge is 0.461 e. The molecule has 0 aliphatic carbocycles. The Morgan fingerprint density at radius 1 is 1.24 bits per heavy atom. The van der Waals surface area contributed by atoms with E-state index in [0.29, 0.717) is 12.2 Å². The van der Waals surface area contributed by atoms with E-state index in [0.717, 1.165) is 20.3 Å². The number of hydrogen-bond donors (Lipinski definition) is 0. The molecule has 0 saturated carbocycles. The zero-order valence-corrected chi connectivity index (χ0v) is 12.3. The lowest BCUT2D eigenvalue weighted by atomic mass is 10.2. The van der Waals surface area contributed by atoms with E-state index in [2.05, 4.69) is 31.9 Å². The fourth-order valence-electron chi connectivity index (χ4n) is 1.55. The van der Waals surface area contributed by atoms with Crippen LogP contribution in [0.4, 0.5) is 0 Å². The van der Waals surface area contributed by atoms with Crippen LogP contribution in [0.3, 0.4) is 0 Å². The summed E-state index contributed by atoms with van der Waals surface area (Å²) in [7, 11) is 0. The van der Waals surface area contributed by atoms with Crippen molar-refractivity contribution in [2.45, 2.75) is 13.3 Å². The number of Topliss-reactive ketones (excluding diaryl/α,β-unsaturated/α-hetero) is 1. The Bertz CT molecular complexity index is 558. The molecule has 1 heterocycles. The van der Waals surface area contributed by atoms with Crippen LogP contribution < -0.4 is 0 Å². The van der Waals surface area contributed by atoms with Crippen LogP contribution in [0.5, 0.6) is 0 Å². The molecule has 0 aliphatic heterocycles. The third kappa shape index (κ3) is 3.07. The van der Waals surface area contributed by atoms with E-state index in [1.54, 1.807) is 6.92 Å². The number of carbonyl (C=O) groups is 1. The standard InChI is InChI=1S/C13H10Br2O2/c1-8(16)6-10-3-5-13(17-10)11-7-9(14)2-4-12(11)15/h2-5,7H,6H2,1H3. The van der Waals surface area contributed by atoms with Crippen molar-refractivity contribution in [3.05, 3.63) is 45.0 Å². The Kier molecular flexibility index (Phi) is 3.84. The Labute approximate surface area is 116 Å². The van der Waals surface area contributed by atoms with Gasteiger partial charge in [0.15, 0.2) is 0 Å². The Morgan fingerprint density at radius 3 is 2.71 bits per heavy atom. The molecule has 4 heteroatoms. The van der Waals surface area contributed by atoms with E-state index in [9.17, 15) is 4.79 Å². The minimum Gasteiger partial charge on any atom is -0.461 e. The molecule has 0 aliphatic rings. The van der Waals surface area contributed by atoms with Gasteiger partial charge in [0, 0.05) is 14.5 Å². The summed E-state index contributed by atoms with van der Waals surface area (Å²) in [6, 6.07) is 9.59. The zero-order valence-electron chi connectivity index (χ0n) is 9.17. The molecule has 0 fully saturated rings. The van der Waals surface area contributed by atoms with Gasteiger partial charge in [-0.15, -0.1) is 0 Å². The maximum absolute atomic E-state index is 11.0. The minimum absolute atomic E-state index is 0.0965. The third-order valence-electron chi connectivity index (χ3n) is 2.28. The van der Waals surface area contributed by atoms with Gasteiger partial charge in [-0.3, -0.25) is 4.79 Å². The molecule has 0 N–H and O–H groups in total. The van der Waals surface area contributed by atoms with Crippen molar-refractivity contribution in [1.29, 1.82) is 0 Å². The van der Waals surface area contributed by atoms with Crippen LogP contribution in [0.1, 0.15) is 12.7 Å². The molecule has 0 spiro atoms. The number of furan rings is 1. The third-order valence-corrected chi connectivity index (χ3v) is 3.46. The van der Waals surface area contributed by atoms with Crippen LogP contribution in [0.25, 0.3) is 11.3 Å². The second-order valence-corrected chi connectivity index (χ2v) is 5.54. The summed E-state index contributed by atoms with van der Waals surface area (Å²) in [6.07, 6.45) is 0.339. The molecule has 2 nitrogen and oxygen atoms in total. The number of rotatable bonds is 3. The van der Waals surface area contributed by atoms with Crippen molar-refractivity contribution in [2.24, 2.45) is 0 Å². The second kappa shape index (κ2) is 5.19. The van der Waals surface area contributed by atoms with Crippen LogP contribution in [0, 0.1) is 0 Å². The summed E-state index contributed by atoms with van der Waals surface area (Å²) in [6.45, 7) is 1.55. The maximum atomic E-state index is 11.0. The normalized spacial score (nSPS) is 10.5. The zero-order chi connectivity index (χ0) is 12.4. The van der Waals surface area contributed by atoms with Crippen molar-refractivity contribution in [1.82, 2.24) is 0 Å². The molecule has 0 amide bonds. The fourth-order valence-corrected chi connectivity index (χ4v) is 2.35. The van der Waals surface area contributed by atoms with Gasteiger partial charge in [0.2, 0.25) is 0 Å². The molecule has 1 aromatic heterocycles. The highest BCUT2D eigenvalue weighted by molar-refractivity contribution is 9.11. The van der Waals surface area contributed by atoms with E-state index in [-0.39, 0.29) is 5.78 Å². The van der Waals surface area contributed by atoms with E-state index in [4.69, 9.17) is 4.42 Å². The highest BCUT2D eigenvalue weighted by atomic mass is 79.9. The topological polar surface area (TPSA) is 30.2 Å². The number of hydrogen-bond acceptors (Lipinski definition) is 2. The van der Waals surface area contributed by atoms with Crippen LogP contribution in [-0.4, -0.2) is 5.78 Å². The molecular weight excluding hydrogens is 348 g/mol. The molecular formula is C13H10Br2O2. The maximum Gasteiger partial charge on any atom is 0.137 e. The van der Waals surface area contributed by atoms with Crippen LogP contribution in [-0.2, 0) is 11.2 Å². The monoisotopic (exact) mass is 356 g/mol. The first-order valence-corrected chi connectivity index (χ1v) is 6.68. The van der Waals surface area contributed by atoms with Gasteiger partial charge in [0.25, 0.3) is 0 Å². The average Bonchev–Trinajstić information content (AvgIpc) is 2.69. The van der Waals surface area contributed by atoms with Crippen LogP contribution in [0.2, 0.25) is 0 Å². The smallest absolute Gasteiger partial charge is 0.137 e. The molecule has 0 bridgehead atoms. The summed E-state index contributed by atoms with van der Waals surface area (Å²) in [4.78, 5) is 11.0. The molecule has 2 rings (SSSR count). The molecule has 88 valence electrons. The molecule has 0 unspecified atom stereocenters. The van der Waals surface area contributed by atoms with Crippen LogP contribution >= 0.6 is 31.9 Å². The van der Waals surface area contributed by atoms with Gasteiger partial charge >= 0.3 is 0 Å². The molecule has 1 aromatic carbocycles. The minimum atomic E-state index is 0.0965. The van der Waals surface area contributed by atoms with Crippen molar-refractivity contribution < 1.29 is 9.21 Å². The lowest BCUT2D eigenvalue weighted by Gasteiger charge is -2.01. The first-order valence-electron chi connectivity index (χ1n) is 5.10. The lowest BCUT2D eigenvalue weighted by molar-refractivity contribution is -0.116. The molecule has 0 saturated heterocycles. The van der Waals surface area contributed by atoms with Crippen molar-refractivity contribution in [3.8, 4) is 11.3 Å². The Hall–Kier alpha value is -0.870. The van der Waals surface area contributed by atoms with Gasteiger partial charge in [-0.25, -0.2) is 0 Å². The molecule has 17 heavy (non-hydrogen) atoms. The second-order valence-electron chi connectivity index (χ2n) is 3.77. The SMILES string of the molecule is CC(=O)Cc1ccc(-c2cc(Br)ccc2Br)o1. The highest BCUT2D eigenvalue weighted by Crippen LogP contribution is 2.32. The molecule has 0 atom stereocenters. The van der Waals surface area contributed by atoms with Gasteiger partial charge in [-0.05, 0) is 37.3 Å². The first kappa shape index (κ1) is 12.6. The van der Waals surface area contributed by atoms with E-state index < -0.39 is 0 Å². The molecule has 2 aromatic rings.